The van der Waals surface area contributed by atoms with E-state index < -0.39 is 0 Å². The van der Waals surface area contributed by atoms with Crippen molar-refractivity contribution < 1.29 is 4.79 Å². The maximum absolute atomic E-state index is 12.1. The highest BCUT2D eigenvalue weighted by atomic mass is 32.1. The van der Waals surface area contributed by atoms with Crippen LogP contribution in [0.15, 0.2) is 35.7 Å². The molecule has 0 aliphatic carbocycles. The number of carbonyl (C=O) groups excluding carboxylic acids is 1. The quantitative estimate of drug-likeness (QED) is 0.802. The van der Waals surface area contributed by atoms with Crippen LogP contribution < -0.4 is 4.90 Å². The first-order valence-electron chi connectivity index (χ1n) is 6.60. The Morgan fingerprint density at radius 1 is 1.21 bits per heavy atom. The fourth-order valence-electron chi connectivity index (χ4n) is 2.32. The van der Waals surface area contributed by atoms with Crippen LogP contribution in [0.3, 0.4) is 0 Å². The van der Waals surface area contributed by atoms with Gasteiger partial charge in [0, 0.05) is 24.0 Å². The Bertz CT molecular complexity index is 559. The molecule has 0 spiro atoms. The van der Waals surface area contributed by atoms with Crippen LogP contribution in [0.1, 0.15) is 28.9 Å². The zero-order valence-corrected chi connectivity index (χ0v) is 11.5. The SMILES string of the molecule is O=C(Cc1csc(N2CCCC2)n1)c1ccccc1. The summed E-state index contributed by atoms with van der Waals surface area (Å²) < 4.78 is 0. The van der Waals surface area contributed by atoms with Crippen molar-refractivity contribution in [1.82, 2.24) is 4.98 Å². The summed E-state index contributed by atoms with van der Waals surface area (Å²) in [5.74, 6) is 0.138. The summed E-state index contributed by atoms with van der Waals surface area (Å²) in [5, 5.41) is 3.07. The highest BCUT2D eigenvalue weighted by Gasteiger charge is 2.16. The molecule has 1 aromatic heterocycles. The van der Waals surface area contributed by atoms with E-state index in [1.54, 1.807) is 11.3 Å². The second-order valence-electron chi connectivity index (χ2n) is 4.78. The molecule has 0 atom stereocenters. The number of nitrogens with zero attached hydrogens (tertiary/aromatic N) is 2. The molecule has 1 aliphatic rings. The van der Waals surface area contributed by atoms with Gasteiger partial charge in [-0.1, -0.05) is 30.3 Å². The molecule has 3 nitrogen and oxygen atoms in total. The molecule has 1 saturated heterocycles. The van der Waals surface area contributed by atoms with Crippen LogP contribution in [0.4, 0.5) is 5.13 Å². The van der Waals surface area contributed by atoms with Gasteiger partial charge in [0.25, 0.3) is 0 Å². The zero-order chi connectivity index (χ0) is 13.1. The lowest BCUT2D eigenvalue weighted by molar-refractivity contribution is 0.0992. The fourth-order valence-corrected chi connectivity index (χ4v) is 3.20. The normalized spacial score (nSPS) is 14.8. The summed E-state index contributed by atoms with van der Waals surface area (Å²) in [5.41, 5.74) is 1.65. The van der Waals surface area contributed by atoms with Crippen LogP contribution in [0, 0.1) is 0 Å². The van der Waals surface area contributed by atoms with E-state index in [1.165, 1.54) is 12.8 Å². The Kier molecular flexibility index (Phi) is 3.60. The average Bonchev–Trinajstić information content (AvgIpc) is 3.10. The number of hydrogen-bond donors (Lipinski definition) is 0. The monoisotopic (exact) mass is 272 g/mol. The van der Waals surface area contributed by atoms with Crippen molar-refractivity contribution in [2.24, 2.45) is 0 Å². The smallest absolute Gasteiger partial charge is 0.185 e. The maximum atomic E-state index is 12.1. The Morgan fingerprint density at radius 2 is 1.95 bits per heavy atom. The van der Waals surface area contributed by atoms with E-state index in [4.69, 9.17) is 0 Å². The third-order valence-corrected chi connectivity index (χ3v) is 4.30. The second kappa shape index (κ2) is 5.53. The number of ketones is 1. The van der Waals surface area contributed by atoms with Gasteiger partial charge in [0.05, 0.1) is 12.1 Å². The molecule has 2 aromatic rings. The molecule has 0 radical (unpaired) electrons. The minimum absolute atomic E-state index is 0.138. The third kappa shape index (κ3) is 2.84. The number of Topliss-reactive ketones (excluding diaryl/α,β-unsaturated/α-hetero) is 1. The first kappa shape index (κ1) is 12.4. The van der Waals surface area contributed by atoms with Crippen LogP contribution in [0.5, 0.6) is 0 Å². The van der Waals surface area contributed by atoms with Crippen molar-refractivity contribution >= 4 is 22.3 Å². The third-order valence-electron chi connectivity index (χ3n) is 3.35. The molecule has 4 heteroatoms. The van der Waals surface area contributed by atoms with Gasteiger partial charge in [0.1, 0.15) is 0 Å². The molecule has 2 heterocycles. The number of carbonyl (C=O) groups is 1. The van der Waals surface area contributed by atoms with Gasteiger partial charge in [-0.05, 0) is 12.8 Å². The molecule has 0 unspecified atom stereocenters. The molecule has 98 valence electrons. The summed E-state index contributed by atoms with van der Waals surface area (Å²) in [4.78, 5) is 19.0. The van der Waals surface area contributed by atoms with Gasteiger partial charge >= 0.3 is 0 Å². The number of thiazole rings is 1. The van der Waals surface area contributed by atoms with Gasteiger partial charge in [-0.25, -0.2) is 4.98 Å². The van der Waals surface area contributed by atoms with Crippen molar-refractivity contribution in [3.8, 4) is 0 Å². The van der Waals surface area contributed by atoms with E-state index in [0.717, 1.165) is 29.5 Å². The minimum Gasteiger partial charge on any atom is -0.348 e. The summed E-state index contributed by atoms with van der Waals surface area (Å²) in [6, 6.07) is 9.42. The fraction of sp³-hybridized carbons (Fsp3) is 0.333. The molecule has 1 aromatic carbocycles. The average molecular weight is 272 g/mol. The van der Waals surface area contributed by atoms with Crippen molar-refractivity contribution in [1.29, 1.82) is 0 Å². The molecule has 0 N–H and O–H groups in total. The first-order chi connectivity index (χ1) is 9.33. The summed E-state index contributed by atoms with van der Waals surface area (Å²) in [7, 11) is 0. The standard InChI is InChI=1S/C15H16N2OS/c18-14(12-6-2-1-3-7-12)10-13-11-19-15(16-13)17-8-4-5-9-17/h1-3,6-7,11H,4-5,8-10H2. The lowest BCUT2D eigenvalue weighted by atomic mass is 10.1. The number of hydrogen-bond acceptors (Lipinski definition) is 4. The number of rotatable bonds is 4. The highest BCUT2D eigenvalue weighted by Crippen LogP contribution is 2.24. The molecule has 1 fully saturated rings. The number of benzene rings is 1. The Labute approximate surface area is 116 Å². The van der Waals surface area contributed by atoms with E-state index in [2.05, 4.69) is 9.88 Å². The molecule has 19 heavy (non-hydrogen) atoms. The number of anilines is 1. The Balaban J connectivity index is 1.68. The van der Waals surface area contributed by atoms with Crippen molar-refractivity contribution in [2.45, 2.75) is 19.3 Å². The Morgan fingerprint density at radius 3 is 2.68 bits per heavy atom. The van der Waals surface area contributed by atoms with Gasteiger partial charge in [-0.15, -0.1) is 11.3 Å². The molecule has 0 amide bonds. The van der Waals surface area contributed by atoms with Crippen LogP contribution >= 0.6 is 11.3 Å². The summed E-state index contributed by atoms with van der Waals surface area (Å²) >= 11 is 1.65. The zero-order valence-electron chi connectivity index (χ0n) is 10.7. The van der Waals surface area contributed by atoms with Crippen LogP contribution in [0.25, 0.3) is 0 Å². The van der Waals surface area contributed by atoms with Gasteiger partial charge in [0.2, 0.25) is 0 Å². The van der Waals surface area contributed by atoms with Crippen molar-refractivity contribution in [3.63, 3.8) is 0 Å². The van der Waals surface area contributed by atoms with Crippen molar-refractivity contribution in [3.05, 3.63) is 47.0 Å². The minimum atomic E-state index is 0.138. The van der Waals surface area contributed by atoms with Crippen LogP contribution in [0.2, 0.25) is 0 Å². The predicted octanol–water partition coefficient (Wildman–Crippen LogP) is 3.17. The van der Waals surface area contributed by atoms with E-state index in [-0.39, 0.29) is 5.78 Å². The highest BCUT2D eigenvalue weighted by molar-refractivity contribution is 7.13. The lowest BCUT2D eigenvalue weighted by Crippen LogP contribution is -2.17. The molecule has 0 bridgehead atoms. The Hall–Kier alpha value is -1.68. The predicted molar refractivity (Wildman–Crippen MR) is 78.0 cm³/mol. The van der Waals surface area contributed by atoms with E-state index in [1.807, 2.05) is 35.7 Å². The van der Waals surface area contributed by atoms with E-state index in [0.29, 0.717) is 6.42 Å². The molecular weight excluding hydrogens is 256 g/mol. The topological polar surface area (TPSA) is 33.2 Å². The largest absolute Gasteiger partial charge is 0.348 e. The summed E-state index contributed by atoms with van der Waals surface area (Å²) in [6.45, 7) is 2.19. The second-order valence-corrected chi connectivity index (χ2v) is 5.62. The first-order valence-corrected chi connectivity index (χ1v) is 7.48. The summed E-state index contributed by atoms with van der Waals surface area (Å²) in [6.07, 6.45) is 2.89. The van der Waals surface area contributed by atoms with E-state index in [9.17, 15) is 4.79 Å². The van der Waals surface area contributed by atoms with Crippen LogP contribution in [-0.2, 0) is 6.42 Å². The molecule has 0 saturated carbocycles. The lowest BCUT2D eigenvalue weighted by Gasteiger charge is -2.12. The molecular formula is C15H16N2OS. The maximum Gasteiger partial charge on any atom is 0.185 e. The van der Waals surface area contributed by atoms with E-state index >= 15 is 0 Å². The van der Waals surface area contributed by atoms with Crippen molar-refractivity contribution in [2.75, 3.05) is 18.0 Å². The van der Waals surface area contributed by atoms with Crippen LogP contribution in [-0.4, -0.2) is 23.9 Å². The van der Waals surface area contributed by atoms with Gasteiger partial charge in [-0.2, -0.15) is 0 Å². The van der Waals surface area contributed by atoms with Gasteiger partial charge in [0.15, 0.2) is 10.9 Å². The number of aromatic nitrogens is 1. The van der Waals surface area contributed by atoms with Gasteiger partial charge < -0.3 is 4.90 Å². The molecule has 3 rings (SSSR count). The molecule has 1 aliphatic heterocycles. The van der Waals surface area contributed by atoms with Gasteiger partial charge in [-0.3, -0.25) is 4.79 Å².